The van der Waals surface area contributed by atoms with Crippen LogP contribution in [-0.2, 0) is 0 Å². The van der Waals surface area contributed by atoms with Crippen molar-refractivity contribution in [2.24, 2.45) is 0 Å². The molecule has 3 aromatic rings. The standard InChI is InChI=1S/C17H20F2N6/c1-9-7-20-16-14(9)15(11-3-4-11)22-17(23-16)21-13-8-25(24-10(13)2)12(5-18)6-19/h7-8,11-12H,3-6H2,1-2H3,(H2,20,21,22,23). The highest BCUT2D eigenvalue weighted by atomic mass is 19.1. The molecule has 0 bridgehead atoms. The Morgan fingerprint density at radius 3 is 2.72 bits per heavy atom. The maximum absolute atomic E-state index is 12.9. The topological polar surface area (TPSA) is 71.4 Å². The van der Waals surface area contributed by atoms with Gasteiger partial charge in [0.25, 0.3) is 0 Å². The molecule has 0 aliphatic heterocycles. The van der Waals surface area contributed by atoms with Crippen molar-refractivity contribution < 1.29 is 8.78 Å². The number of rotatable bonds is 6. The van der Waals surface area contributed by atoms with Crippen LogP contribution in [0.4, 0.5) is 20.4 Å². The first kappa shape index (κ1) is 16.0. The van der Waals surface area contributed by atoms with E-state index < -0.39 is 19.4 Å². The highest BCUT2D eigenvalue weighted by Gasteiger charge is 2.29. The normalized spacial score (nSPS) is 14.6. The lowest BCUT2D eigenvalue weighted by molar-refractivity contribution is 0.272. The van der Waals surface area contributed by atoms with E-state index in [0.29, 0.717) is 23.2 Å². The molecule has 0 spiro atoms. The van der Waals surface area contributed by atoms with Gasteiger partial charge in [0, 0.05) is 23.7 Å². The summed E-state index contributed by atoms with van der Waals surface area (Å²) >= 11 is 0. The van der Waals surface area contributed by atoms with Crippen LogP contribution in [0.1, 0.15) is 41.8 Å². The quantitative estimate of drug-likeness (QED) is 0.711. The molecule has 3 aromatic heterocycles. The number of anilines is 2. The minimum atomic E-state index is -0.897. The van der Waals surface area contributed by atoms with Gasteiger partial charge < -0.3 is 10.3 Å². The molecule has 8 heteroatoms. The molecule has 4 rings (SSSR count). The molecule has 1 aliphatic carbocycles. The van der Waals surface area contributed by atoms with Gasteiger partial charge in [0.05, 0.1) is 17.1 Å². The number of alkyl halides is 2. The van der Waals surface area contributed by atoms with Crippen molar-refractivity contribution in [3.63, 3.8) is 0 Å². The zero-order chi connectivity index (χ0) is 17.6. The van der Waals surface area contributed by atoms with Crippen molar-refractivity contribution in [2.75, 3.05) is 18.7 Å². The summed E-state index contributed by atoms with van der Waals surface area (Å²) in [6.07, 6.45) is 5.82. The molecule has 0 unspecified atom stereocenters. The summed E-state index contributed by atoms with van der Waals surface area (Å²) in [5, 5.41) is 8.44. The van der Waals surface area contributed by atoms with Crippen molar-refractivity contribution in [1.29, 1.82) is 0 Å². The Balaban J connectivity index is 1.69. The van der Waals surface area contributed by atoms with E-state index >= 15 is 0 Å². The first-order valence-corrected chi connectivity index (χ1v) is 8.41. The Bertz CT molecular complexity index is 907. The number of aromatic amines is 1. The van der Waals surface area contributed by atoms with Gasteiger partial charge in [-0.05, 0) is 32.3 Å². The number of H-pyrrole nitrogens is 1. The summed E-state index contributed by atoms with van der Waals surface area (Å²) < 4.78 is 27.1. The molecule has 3 heterocycles. The minimum absolute atomic E-state index is 0.468. The van der Waals surface area contributed by atoms with Gasteiger partial charge in [-0.15, -0.1) is 0 Å². The summed E-state index contributed by atoms with van der Waals surface area (Å²) in [4.78, 5) is 12.4. The number of aryl methyl sites for hydroxylation is 2. The SMILES string of the molecule is Cc1nn(C(CF)CF)cc1Nc1nc(C2CC2)c2c(C)c[nH]c2n1. The highest BCUT2D eigenvalue weighted by molar-refractivity contribution is 5.84. The monoisotopic (exact) mass is 346 g/mol. The van der Waals surface area contributed by atoms with E-state index in [1.165, 1.54) is 4.68 Å². The number of aromatic nitrogens is 5. The molecule has 1 saturated carbocycles. The summed E-state index contributed by atoms with van der Waals surface area (Å²) in [5.74, 6) is 0.947. The van der Waals surface area contributed by atoms with Gasteiger partial charge in [-0.1, -0.05) is 0 Å². The van der Waals surface area contributed by atoms with Crippen molar-refractivity contribution in [1.82, 2.24) is 24.7 Å². The largest absolute Gasteiger partial charge is 0.346 e. The molecule has 0 amide bonds. The van der Waals surface area contributed by atoms with Gasteiger partial charge in [-0.3, -0.25) is 4.68 Å². The third-order valence-electron chi connectivity index (χ3n) is 4.61. The predicted molar refractivity (Wildman–Crippen MR) is 91.8 cm³/mol. The van der Waals surface area contributed by atoms with E-state index in [4.69, 9.17) is 4.98 Å². The van der Waals surface area contributed by atoms with E-state index in [1.807, 2.05) is 13.1 Å². The van der Waals surface area contributed by atoms with E-state index in [0.717, 1.165) is 35.1 Å². The first-order valence-electron chi connectivity index (χ1n) is 8.41. The van der Waals surface area contributed by atoms with E-state index in [9.17, 15) is 8.78 Å². The molecule has 0 radical (unpaired) electrons. The van der Waals surface area contributed by atoms with Crippen molar-refractivity contribution in [2.45, 2.75) is 38.6 Å². The average molecular weight is 346 g/mol. The molecule has 0 saturated heterocycles. The third-order valence-corrected chi connectivity index (χ3v) is 4.61. The van der Waals surface area contributed by atoms with Crippen molar-refractivity contribution in [3.05, 3.63) is 29.3 Å². The van der Waals surface area contributed by atoms with Crippen LogP contribution in [0.5, 0.6) is 0 Å². The lowest BCUT2D eigenvalue weighted by Gasteiger charge is -2.09. The number of fused-ring (bicyclic) bond motifs is 1. The molecule has 6 nitrogen and oxygen atoms in total. The van der Waals surface area contributed by atoms with Gasteiger partial charge in [0.15, 0.2) is 0 Å². The Morgan fingerprint density at radius 1 is 1.28 bits per heavy atom. The van der Waals surface area contributed by atoms with Gasteiger partial charge in [-0.25, -0.2) is 13.8 Å². The fourth-order valence-electron chi connectivity index (χ4n) is 3.02. The number of hydrogen-bond donors (Lipinski definition) is 2. The molecular weight excluding hydrogens is 326 g/mol. The molecular formula is C17H20F2N6. The third kappa shape index (κ3) is 2.85. The fraction of sp³-hybridized carbons (Fsp3) is 0.471. The number of nitrogens with one attached hydrogen (secondary N) is 2. The van der Waals surface area contributed by atoms with Crippen molar-refractivity contribution in [3.8, 4) is 0 Å². The second kappa shape index (κ2) is 6.09. The van der Waals surface area contributed by atoms with Crippen molar-refractivity contribution >= 4 is 22.7 Å². The molecule has 1 fully saturated rings. The maximum Gasteiger partial charge on any atom is 0.229 e. The van der Waals surface area contributed by atoms with Crippen LogP contribution in [0.25, 0.3) is 11.0 Å². The van der Waals surface area contributed by atoms with Crippen LogP contribution < -0.4 is 5.32 Å². The summed E-state index contributed by atoms with van der Waals surface area (Å²) in [6, 6.07) is -0.897. The maximum atomic E-state index is 12.9. The molecule has 1 aliphatic rings. The first-order chi connectivity index (χ1) is 12.1. The Labute approximate surface area is 143 Å². The summed E-state index contributed by atoms with van der Waals surface area (Å²) in [5.41, 5.74) is 4.29. The minimum Gasteiger partial charge on any atom is -0.346 e. The summed E-state index contributed by atoms with van der Waals surface area (Å²) in [6.45, 7) is 2.23. The van der Waals surface area contributed by atoms with Crippen LogP contribution >= 0.6 is 0 Å². The van der Waals surface area contributed by atoms with Crippen LogP contribution in [0, 0.1) is 13.8 Å². The molecule has 132 valence electrons. The van der Waals surface area contributed by atoms with Crippen LogP contribution in [0.2, 0.25) is 0 Å². The second-order valence-electron chi connectivity index (χ2n) is 6.60. The van der Waals surface area contributed by atoms with Crippen LogP contribution in [0.15, 0.2) is 12.4 Å². The molecule has 0 aromatic carbocycles. The zero-order valence-electron chi connectivity index (χ0n) is 14.2. The summed E-state index contributed by atoms with van der Waals surface area (Å²) in [7, 11) is 0. The predicted octanol–water partition coefficient (Wildman–Crippen LogP) is 3.87. The van der Waals surface area contributed by atoms with Gasteiger partial charge in [0.2, 0.25) is 5.95 Å². The second-order valence-corrected chi connectivity index (χ2v) is 6.60. The van der Waals surface area contributed by atoms with Crippen LogP contribution in [-0.4, -0.2) is 38.1 Å². The zero-order valence-corrected chi connectivity index (χ0v) is 14.2. The molecule has 25 heavy (non-hydrogen) atoms. The fourth-order valence-corrected chi connectivity index (χ4v) is 3.02. The van der Waals surface area contributed by atoms with Gasteiger partial charge in [-0.2, -0.15) is 10.1 Å². The molecule has 0 atom stereocenters. The number of halogens is 2. The smallest absolute Gasteiger partial charge is 0.229 e. The Kier molecular flexibility index (Phi) is 3.89. The number of nitrogens with zero attached hydrogens (tertiary/aromatic N) is 4. The van der Waals surface area contributed by atoms with E-state index in [-0.39, 0.29) is 0 Å². The van der Waals surface area contributed by atoms with E-state index in [2.05, 4.69) is 20.4 Å². The van der Waals surface area contributed by atoms with Gasteiger partial charge >= 0.3 is 0 Å². The van der Waals surface area contributed by atoms with Crippen LogP contribution in [0.3, 0.4) is 0 Å². The highest BCUT2D eigenvalue weighted by Crippen LogP contribution is 2.43. The van der Waals surface area contributed by atoms with E-state index in [1.54, 1.807) is 13.1 Å². The number of hydrogen-bond acceptors (Lipinski definition) is 4. The molecule has 2 N–H and O–H groups in total. The lowest BCUT2D eigenvalue weighted by Crippen LogP contribution is -2.13. The Morgan fingerprint density at radius 2 is 2.04 bits per heavy atom. The Hall–Kier alpha value is -2.51. The lowest BCUT2D eigenvalue weighted by atomic mass is 10.1. The van der Waals surface area contributed by atoms with Gasteiger partial charge in [0.1, 0.15) is 25.0 Å². The average Bonchev–Trinajstić information content (AvgIpc) is 3.30.